The van der Waals surface area contributed by atoms with Crippen LogP contribution in [0.15, 0.2) is 24.3 Å². The molecule has 2 N–H and O–H groups in total. The molecule has 0 spiro atoms. The largest absolute Gasteiger partial charge is 0.311 e. The van der Waals surface area contributed by atoms with Gasteiger partial charge in [0, 0.05) is 17.8 Å². The summed E-state index contributed by atoms with van der Waals surface area (Å²) in [5, 5.41) is 10.0. The van der Waals surface area contributed by atoms with Crippen LogP contribution in [0.2, 0.25) is 0 Å². The van der Waals surface area contributed by atoms with Gasteiger partial charge < -0.3 is 5.32 Å². The van der Waals surface area contributed by atoms with E-state index >= 15 is 0 Å². The highest BCUT2D eigenvalue weighted by Gasteiger charge is 2.12. The highest BCUT2D eigenvalue weighted by molar-refractivity contribution is 5.60. The highest BCUT2D eigenvalue weighted by Crippen LogP contribution is 2.22. The van der Waals surface area contributed by atoms with Gasteiger partial charge in [0.15, 0.2) is 11.6 Å². The van der Waals surface area contributed by atoms with Crippen LogP contribution in [-0.2, 0) is 6.54 Å². The lowest BCUT2D eigenvalue weighted by Gasteiger charge is -1.99. The van der Waals surface area contributed by atoms with Crippen LogP contribution >= 0.6 is 0 Å². The fourth-order valence-corrected chi connectivity index (χ4v) is 1.69. The third kappa shape index (κ3) is 2.73. The molecule has 1 aromatic carbocycles. The number of hydrogen-bond donors (Lipinski definition) is 2. The summed E-state index contributed by atoms with van der Waals surface area (Å²) in [4.78, 5) is 0. The van der Waals surface area contributed by atoms with Crippen molar-refractivity contribution in [2.24, 2.45) is 0 Å². The summed E-state index contributed by atoms with van der Waals surface area (Å²) in [7, 11) is 0. The predicted molar refractivity (Wildman–Crippen MR) is 65.9 cm³/mol. The van der Waals surface area contributed by atoms with E-state index in [-0.39, 0.29) is 5.56 Å². The first-order chi connectivity index (χ1) is 8.72. The number of nitrogens with zero attached hydrogens (tertiary/aromatic N) is 1. The average Bonchev–Trinajstić information content (AvgIpc) is 2.82. The summed E-state index contributed by atoms with van der Waals surface area (Å²) in [5.74, 6) is -1.72. The highest BCUT2D eigenvalue weighted by atomic mass is 19.2. The van der Waals surface area contributed by atoms with Gasteiger partial charge in [-0.1, -0.05) is 13.0 Å². The minimum Gasteiger partial charge on any atom is -0.311 e. The molecule has 0 radical (unpaired) electrons. The van der Waals surface area contributed by atoms with Crippen molar-refractivity contribution in [2.45, 2.75) is 19.9 Å². The minimum absolute atomic E-state index is 0.174. The third-order valence-corrected chi connectivity index (χ3v) is 2.60. The number of benzene rings is 1. The van der Waals surface area contributed by atoms with Crippen molar-refractivity contribution in [3.63, 3.8) is 0 Å². The molecule has 3 nitrogen and oxygen atoms in total. The van der Waals surface area contributed by atoms with Crippen LogP contribution in [0.4, 0.5) is 8.78 Å². The molecule has 0 aliphatic heterocycles. The Morgan fingerprint density at radius 3 is 2.94 bits per heavy atom. The number of H-pyrrole nitrogens is 1. The molecular weight excluding hydrogens is 236 g/mol. The zero-order chi connectivity index (χ0) is 13.0. The zero-order valence-electron chi connectivity index (χ0n) is 10.1. The topological polar surface area (TPSA) is 40.7 Å². The van der Waals surface area contributed by atoms with Crippen molar-refractivity contribution in [1.82, 2.24) is 15.5 Å². The van der Waals surface area contributed by atoms with Gasteiger partial charge in [-0.25, -0.2) is 8.78 Å². The molecule has 0 aliphatic rings. The molecule has 0 atom stereocenters. The number of nitrogens with one attached hydrogen (secondary N) is 2. The Balaban J connectivity index is 2.16. The van der Waals surface area contributed by atoms with Gasteiger partial charge in [0.05, 0.1) is 5.69 Å². The third-order valence-electron chi connectivity index (χ3n) is 2.60. The van der Waals surface area contributed by atoms with Gasteiger partial charge >= 0.3 is 0 Å². The van der Waals surface area contributed by atoms with Gasteiger partial charge in [-0.15, -0.1) is 0 Å². The number of aromatic amines is 1. The second kappa shape index (κ2) is 5.73. The molecule has 0 bridgehead atoms. The monoisotopic (exact) mass is 251 g/mol. The molecule has 5 heteroatoms. The van der Waals surface area contributed by atoms with Crippen molar-refractivity contribution >= 4 is 0 Å². The summed E-state index contributed by atoms with van der Waals surface area (Å²) in [6.07, 6.45) is 1.04. The molecular formula is C13H15F2N3. The number of hydrogen-bond acceptors (Lipinski definition) is 2. The quantitative estimate of drug-likeness (QED) is 0.802. The van der Waals surface area contributed by atoms with E-state index in [0.29, 0.717) is 12.2 Å². The SMILES string of the molecule is CCCNCc1cc(-c2cccc(F)c2F)n[nH]1. The van der Waals surface area contributed by atoms with Crippen LogP contribution in [0.3, 0.4) is 0 Å². The van der Waals surface area contributed by atoms with Crippen molar-refractivity contribution in [3.8, 4) is 11.3 Å². The van der Waals surface area contributed by atoms with E-state index in [0.717, 1.165) is 24.7 Å². The molecule has 0 saturated carbocycles. The van der Waals surface area contributed by atoms with Crippen LogP contribution in [0.25, 0.3) is 11.3 Å². The van der Waals surface area contributed by atoms with Gasteiger partial charge in [-0.3, -0.25) is 5.10 Å². The smallest absolute Gasteiger partial charge is 0.168 e. The summed E-state index contributed by atoms with van der Waals surface area (Å²) in [6.45, 7) is 3.62. The maximum atomic E-state index is 13.6. The predicted octanol–water partition coefficient (Wildman–Crippen LogP) is 2.85. The molecule has 1 heterocycles. The maximum Gasteiger partial charge on any atom is 0.168 e. The molecule has 1 aromatic heterocycles. The molecule has 2 rings (SSSR count). The lowest BCUT2D eigenvalue weighted by atomic mass is 10.1. The first-order valence-electron chi connectivity index (χ1n) is 5.91. The second-order valence-corrected chi connectivity index (χ2v) is 4.06. The Hall–Kier alpha value is -1.75. The van der Waals surface area contributed by atoms with E-state index in [2.05, 4.69) is 22.4 Å². The maximum absolute atomic E-state index is 13.6. The first-order valence-corrected chi connectivity index (χ1v) is 5.91. The van der Waals surface area contributed by atoms with E-state index in [1.165, 1.54) is 12.1 Å². The zero-order valence-corrected chi connectivity index (χ0v) is 10.1. The molecule has 0 amide bonds. The fraction of sp³-hybridized carbons (Fsp3) is 0.308. The van der Waals surface area contributed by atoms with Crippen LogP contribution < -0.4 is 5.32 Å². The summed E-state index contributed by atoms with van der Waals surface area (Å²) in [5.41, 5.74) is 1.44. The summed E-state index contributed by atoms with van der Waals surface area (Å²) in [6, 6.07) is 5.80. The van der Waals surface area contributed by atoms with E-state index in [4.69, 9.17) is 0 Å². The van der Waals surface area contributed by atoms with E-state index in [1.54, 1.807) is 6.07 Å². The van der Waals surface area contributed by atoms with Gasteiger partial charge in [-0.05, 0) is 31.2 Å². The molecule has 18 heavy (non-hydrogen) atoms. The molecule has 0 aliphatic carbocycles. The van der Waals surface area contributed by atoms with Crippen molar-refractivity contribution in [3.05, 3.63) is 41.6 Å². The summed E-state index contributed by atoms with van der Waals surface area (Å²) >= 11 is 0. The Bertz CT molecular complexity index is 523. The normalized spacial score (nSPS) is 10.8. The standard InChI is InChI=1S/C13H15F2N3/c1-2-6-16-8-9-7-12(18-17-9)10-4-3-5-11(14)13(10)15/h3-5,7,16H,2,6,8H2,1H3,(H,17,18). The Morgan fingerprint density at radius 2 is 2.17 bits per heavy atom. The Labute approximate surface area is 104 Å². The van der Waals surface area contributed by atoms with Gasteiger partial charge in [0.2, 0.25) is 0 Å². The van der Waals surface area contributed by atoms with E-state index < -0.39 is 11.6 Å². The molecule has 2 aromatic rings. The van der Waals surface area contributed by atoms with Crippen LogP contribution in [0.5, 0.6) is 0 Å². The van der Waals surface area contributed by atoms with Crippen molar-refractivity contribution < 1.29 is 8.78 Å². The number of rotatable bonds is 5. The second-order valence-electron chi connectivity index (χ2n) is 4.06. The van der Waals surface area contributed by atoms with Gasteiger partial charge in [0.25, 0.3) is 0 Å². The number of aromatic nitrogens is 2. The number of halogens is 2. The molecule has 0 unspecified atom stereocenters. The lowest BCUT2D eigenvalue weighted by molar-refractivity contribution is 0.511. The Kier molecular flexibility index (Phi) is 4.04. The van der Waals surface area contributed by atoms with E-state index in [9.17, 15) is 8.78 Å². The molecule has 0 fully saturated rings. The van der Waals surface area contributed by atoms with E-state index in [1.807, 2.05) is 0 Å². The van der Waals surface area contributed by atoms with Gasteiger partial charge in [-0.2, -0.15) is 5.10 Å². The van der Waals surface area contributed by atoms with Crippen molar-refractivity contribution in [1.29, 1.82) is 0 Å². The summed E-state index contributed by atoms with van der Waals surface area (Å²) < 4.78 is 26.7. The van der Waals surface area contributed by atoms with Crippen molar-refractivity contribution in [2.75, 3.05) is 6.54 Å². The van der Waals surface area contributed by atoms with Crippen LogP contribution in [0.1, 0.15) is 19.0 Å². The Morgan fingerprint density at radius 1 is 1.33 bits per heavy atom. The lowest BCUT2D eigenvalue weighted by Crippen LogP contribution is -2.13. The first kappa shape index (κ1) is 12.7. The fourth-order valence-electron chi connectivity index (χ4n) is 1.69. The average molecular weight is 251 g/mol. The minimum atomic E-state index is -0.864. The molecule has 0 saturated heterocycles. The van der Waals surface area contributed by atoms with Crippen LogP contribution in [-0.4, -0.2) is 16.7 Å². The van der Waals surface area contributed by atoms with Crippen LogP contribution in [0, 0.1) is 11.6 Å². The van der Waals surface area contributed by atoms with Gasteiger partial charge in [0.1, 0.15) is 0 Å². The molecule has 96 valence electrons.